The van der Waals surface area contributed by atoms with Crippen LogP contribution in [0.5, 0.6) is 0 Å². The second-order valence-corrected chi connectivity index (χ2v) is 20.5. The van der Waals surface area contributed by atoms with Crippen LogP contribution in [0.25, 0.3) is 0 Å². The highest BCUT2D eigenvalue weighted by Crippen LogP contribution is 2.27. The minimum absolute atomic E-state index is 0.159. The first-order valence-corrected chi connectivity index (χ1v) is 28.8. The molecule has 0 aliphatic carbocycles. The summed E-state index contributed by atoms with van der Waals surface area (Å²) in [6.07, 6.45) is 28.1. The van der Waals surface area contributed by atoms with E-state index >= 15 is 0 Å². The Kier molecular flexibility index (Phi) is 40.0. The zero-order valence-electron chi connectivity index (χ0n) is 44.5. The first-order valence-electron chi connectivity index (χ1n) is 28.8. The smallest absolute Gasteiger partial charge is 0.306 e. The summed E-state index contributed by atoms with van der Waals surface area (Å²) in [6.45, 7) is 2.62. The predicted octanol–water partition coefficient (Wildman–Crippen LogP) is 9.33. The molecule has 2 aliphatic heterocycles. The van der Waals surface area contributed by atoms with Gasteiger partial charge in [-0.15, -0.1) is 0 Å². The Morgan fingerprint density at radius 2 is 0.803 bits per heavy atom. The molecule has 0 saturated carbocycles. The topological polar surface area (TPSA) is 231 Å². The van der Waals surface area contributed by atoms with E-state index in [1.807, 2.05) is 0 Å². The van der Waals surface area contributed by atoms with E-state index in [4.69, 9.17) is 28.4 Å². The molecule has 15 heteroatoms. The van der Waals surface area contributed by atoms with Gasteiger partial charge in [-0.3, -0.25) is 9.59 Å². The lowest BCUT2D eigenvalue weighted by Crippen LogP contribution is -2.61. The van der Waals surface area contributed by atoms with Crippen LogP contribution >= 0.6 is 0 Å². The van der Waals surface area contributed by atoms with Crippen molar-refractivity contribution in [3.8, 4) is 0 Å². The van der Waals surface area contributed by atoms with Crippen molar-refractivity contribution in [1.82, 2.24) is 0 Å². The van der Waals surface area contributed by atoms with Gasteiger partial charge in [0.05, 0.1) is 19.8 Å². The highest BCUT2D eigenvalue weighted by molar-refractivity contribution is 5.70. The minimum atomic E-state index is -1.76. The van der Waals surface area contributed by atoms with Gasteiger partial charge in [0.15, 0.2) is 18.7 Å². The Balaban J connectivity index is 1.74. The van der Waals surface area contributed by atoms with Gasteiger partial charge < -0.3 is 64.2 Å². The molecule has 2 heterocycles. The quantitative estimate of drug-likeness (QED) is 0.0171. The Morgan fingerprint density at radius 3 is 1.24 bits per heavy atom. The fraction of sp³-hybridized carbons (Fsp3) is 0.929. The Labute approximate surface area is 429 Å². The van der Waals surface area contributed by atoms with E-state index in [1.165, 1.54) is 141 Å². The molecule has 0 aromatic rings. The third-order valence-electron chi connectivity index (χ3n) is 14.0. The lowest BCUT2D eigenvalue weighted by atomic mass is 9.98. The van der Waals surface area contributed by atoms with E-state index in [1.54, 1.807) is 0 Å². The molecule has 71 heavy (non-hydrogen) atoms. The first-order chi connectivity index (χ1) is 34.5. The standard InChI is InChI=1S/C56H104O15/c1-3-5-7-9-11-13-15-17-19-20-21-22-23-24-25-27-28-30-32-34-36-38-47(58)66-41-44(69-48(59)39-37-35-33-31-29-26-18-16-14-12-10-8-6-4-2)42-67-55-54(65)52(63)50(61)46(71-55)43-68-56-53(64)51(62)49(60)45(40-57)70-56/h16,18,44-46,49-57,60-65H,3-15,17,19-43H2,1-2H3/b18-16-. The highest BCUT2D eigenvalue weighted by atomic mass is 16.7. The summed E-state index contributed by atoms with van der Waals surface area (Å²) < 4.78 is 33.7. The Hall–Kier alpha value is -1.76. The molecule has 418 valence electrons. The molecule has 2 fully saturated rings. The van der Waals surface area contributed by atoms with Crippen molar-refractivity contribution < 1.29 is 73.8 Å². The molecule has 2 saturated heterocycles. The first kappa shape index (κ1) is 65.4. The summed E-state index contributed by atoms with van der Waals surface area (Å²) in [5.74, 6) is -0.921. The number of rotatable bonds is 46. The number of hydrogen-bond donors (Lipinski definition) is 7. The summed E-state index contributed by atoms with van der Waals surface area (Å²) >= 11 is 0. The van der Waals surface area contributed by atoms with Crippen molar-refractivity contribution in [2.45, 2.75) is 306 Å². The van der Waals surface area contributed by atoms with Crippen molar-refractivity contribution in [3.05, 3.63) is 12.2 Å². The van der Waals surface area contributed by atoms with Crippen LogP contribution in [0.15, 0.2) is 12.2 Å². The average molecular weight is 1020 g/mol. The minimum Gasteiger partial charge on any atom is -0.462 e. The number of aliphatic hydroxyl groups excluding tert-OH is 7. The Bertz CT molecular complexity index is 1290. The largest absolute Gasteiger partial charge is 0.462 e. The number of unbranched alkanes of at least 4 members (excludes halogenated alkanes) is 30. The summed E-state index contributed by atoms with van der Waals surface area (Å²) in [6, 6.07) is 0. The van der Waals surface area contributed by atoms with Crippen LogP contribution in [0.3, 0.4) is 0 Å². The molecule has 0 aromatic heterocycles. The Morgan fingerprint density at radius 1 is 0.437 bits per heavy atom. The molecular formula is C56H104O15. The number of carbonyl (C=O) groups excluding carboxylic acids is 2. The lowest BCUT2D eigenvalue weighted by molar-refractivity contribution is -0.332. The summed E-state index contributed by atoms with van der Waals surface area (Å²) in [4.78, 5) is 25.8. The molecule has 11 atom stereocenters. The van der Waals surface area contributed by atoms with E-state index in [2.05, 4.69) is 26.0 Å². The number of carbonyl (C=O) groups is 2. The molecule has 0 aromatic carbocycles. The van der Waals surface area contributed by atoms with Crippen LogP contribution in [0, 0.1) is 0 Å². The SMILES string of the molecule is CCCCCCC/C=C\CCCCCCCC(=O)OC(COC(=O)CCCCCCCCCCCCCCCCCCCCCCC)COC1OC(COC2OC(CO)C(O)C(O)C2O)C(O)C(O)C1O. The third-order valence-corrected chi connectivity index (χ3v) is 14.0. The van der Waals surface area contributed by atoms with E-state index in [9.17, 15) is 45.3 Å². The van der Waals surface area contributed by atoms with Gasteiger partial charge in [-0.1, -0.05) is 199 Å². The number of ether oxygens (including phenoxy) is 6. The van der Waals surface area contributed by atoms with E-state index in [-0.39, 0.29) is 26.1 Å². The van der Waals surface area contributed by atoms with Gasteiger partial charge in [0.1, 0.15) is 55.4 Å². The zero-order chi connectivity index (χ0) is 51.7. The lowest BCUT2D eigenvalue weighted by Gasteiger charge is -2.42. The van der Waals surface area contributed by atoms with E-state index in [0.717, 1.165) is 57.8 Å². The summed E-state index contributed by atoms with van der Waals surface area (Å²) in [5.41, 5.74) is 0. The molecule has 0 spiro atoms. The predicted molar refractivity (Wildman–Crippen MR) is 275 cm³/mol. The highest BCUT2D eigenvalue weighted by Gasteiger charge is 2.47. The second kappa shape index (κ2) is 43.5. The van der Waals surface area contributed by atoms with E-state index in [0.29, 0.717) is 12.8 Å². The average Bonchev–Trinajstić information content (AvgIpc) is 3.36. The van der Waals surface area contributed by atoms with Crippen LogP contribution < -0.4 is 0 Å². The van der Waals surface area contributed by atoms with Crippen LogP contribution in [-0.4, -0.2) is 142 Å². The van der Waals surface area contributed by atoms with Gasteiger partial charge in [-0.2, -0.15) is 0 Å². The zero-order valence-corrected chi connectivity index (χ0v) is 44.5. The molecule has 0 bridgehead atoms. The third kappa shape index (κ3) is 31.0. The van der Waals surface area contributed by atoms with Crippen molar-refractivity contribution in [2.75, 3.05) is 26.4 Å². The van der Waals surface area contributed by atoms with E-state index < -0.39 is 92.7 Å². The van der Waals surface area contributed by atoms with Crippen LogP contribution in [-0.2, 0) is 38.0 Å². The maximum Gasteiger partial charge on any atom is 0.306 e. The van der Waals surface area contributed by atoms with Crippen LogP contribution in [0.4, 0.5) is 0 Å². The molecular weight excluding hydrogens is 913 g/mol. The molecule has 15 nitrogen and oxygen atoms in total. The van der Waals surface area contributed by atoms with Crippen molar-refractivity contribution >= 4 is 11.9 Å². The molecule has 0 amide bonds. The molecule has 7 N–H and O–H groups in total. The molecule has 2 rings (SSSR count). The van der Waals surface area contributed by atoms with Crippen molar-refractivity contribution in [2.24, 2.45) is 0 Å². The normalized spacial score (nSPS) is 25.2. The van der Waals surface area contributed by atoms with Gasteiger partial charge >= 0.3 is 11.9 Å². The molecule has 0 radical (unpaired) electrons. The van der Waals surface area contributed by atoms with Crippen LogP contribution in [0.2, 0.25) is 0 Å². The van der Waals surface area contributed by atoms with Crippen LogP contribution in [0.1, 0.15) is 239 Å². The van der Waals surface area contributed by atoms with Gasteiger partial charge in [0, 0.05) is 12.8 Å². The number of hydrogen-bond acceptors (Lipinski definition) is 15. The summed E-state index contributed by atoms with van der Waals surface area (Å²) in [5, 5.41) is 72.2. The molecule has 11 unspecified atom stereocenters. The number of aliphatic hydroxyl groups is 7. The second-order valence-electron chi connectivity index (χ2n) is 20.5. The van der Waals surface area contributed by atoms with Gasteiger partial charge in [0.25, 0.3) is 0 Å². The van der Waals surface area contributed by atoms with Gasteiger partial charge in [-0.05, 0) is 38.5 Å². The van der Waals surface area contributed by atoms with Gasteiger partial charge in [0.2, 0.25) is 0 Å². The molecule has 2 aliphatic rings. The van der Waals surface area contributed by atoms with Gasteiger partial charge in [-0.25, -0.2) is 0 Å². The van der Waals surface area contributed by atoms with Crippen molar-refractivity contribution in [1.29, 1.82) is 0 Å². The fourth-order valence-corrected chi connectivity index (χ4v) is 9.27. The number of esters is 2. The maximum atomic E-state index is 13.0. The monoisotopic (exact) mass is 1020 g/mol. The maximum absolute atomic E-state index is 13.0. The number of allylic oxidation sites excluding steroid dienone is 2. The summed E-state index contributed by atoms with van der Waals surface area (Å²) in [7, 11) is 0. The fourth-order valence-electron chi connectivity index (χ4n) is 9.27. The van der Waals surface area contributed by atoms with Crippen molar-refractivity contribution in [3.63, 3.8) is 0 Å².